The third kappa shape index (κ3) is 3.63. The summed E-state index contributed by atoms with van der Waals surface area (Å²) in [6.07, 6.45) is -2.20. The van der Waals surface area contributed by atoms with Crippen LogP contribution in [0.15, 0.2) is 22.7 Å². The molecule has 0 saturated carbocycles. The monoisotopic (exact) mass is 336 g/mol. The quantitative estimate of drug-likeness (QED) is 0.898. The molecule has 0 bridgehead atoms. The second-order valence-corrected chi connectivity index (χ2v) is 5.76. The highest BCUT2D eigenvalue weighted by Gasteiger charge is 2.33. The summed E-state index contributed by atoms with van der Waals surface area (Å²) in [5.41, 5.74) is -0.474. The fourth-order valence-electron chi connectivity index (χ4n) is 2.37. The van der Waals surface area contributed by atoms with Gasteiger partial charge in [0.05, 0.1) is 5.56 Å². The molecule has 1 heterocycles. The first-order valence-electron chi connectivity index (χ1n) is 6.19. The van der Waals surface area contributed by atoms with E-state index in [0.717, 1.165) is 25.5 Å². The SMILES string of the molecule is CN1CCCC1CNc1cc(Br)ccc1C(F)(F)F. The minimum Gasteiger partial charge on any atom is -0.383 e. The maximum atomic E-state index is 12.9. The van der Waals surface area contributed by atoms with Gasteiger partial charge in [0.2, 0.25) is 0 Å². The molecule has 1 aliphatic heterocycles. The van der Waals surface area contributed by atoms with Gasteiger partial charge in [0, 0.05) is 22.7 Å². The summed E-state index contributed by atoms with van der Waals surface area (Å²) in [7, 11) is 2.00. The molecule has 0 spiro atoms. The Labute approximate surface area is 119 Å². The van der Waals surface area contributed by atoms with Crippen molar-refractivity contribution in [3.8, 4) is 0 Å². The molecule has 2 nitrogen and oxygen atoms in total. The molecule has 0 amide bonds. The molecule has 19 heavy (non-hydrogen) atoms. The van der Waals surface area contributed by atoms with Crippen molar-refractivity contribution in [2.45, 2.75) is 25.1 Å². The number of benzene rings is 1. The molecule has 0 aromatic heterocycles. The Morgan fingerprint density at radius 3 is 2.74 bits per heavy atom. The second-order valence-electron chi connectivity index (χ2n) is 4.85. The molecule has 0 aliphatic carbocycles. The highest BCUT2D eigenvalue weighted by molar-refractivity contribution is 9.10. The van der Waals surface area contributed by atoms with E-state index >= 15 is 0 Å². The normalized spacial score (nSPS) is 20.8. The lowest BCUT2D eigenvalue weighted by molar-refractivity contribution is -0.137. The lowest BCUT2D eigenvalue weighted by atomic mass is 10.1. The van der Waals surface area contributed by atoms with Crippen LogP contribution in [-0.4, -0.2) is 31.1 Å². The summed E-state index contributed by atoms with van der Waals surface area (Å²) >= 11 is 3.21. The van der Waals surface area contributed by atoms with E-state index in [1.54, 1.807) is 0 Å². The Kier molecular flexibility index (Phi) is 4.40. The van der Waals surface area contributed by atoms with E-state index in [1.165, 1.54) is 12.1 Å². The Hall–Kier alpha value is -0.750. The minimum absolute atomic E-state index is 0.141. The number of halogens is 4. The fraction of sp³-hybridized carbons (Fsp3) is 0.538. The zero-order valence-corrected chi connectivity index (χ0v) is 12.2. The number of nitrogens with one attached hydrogen (secondary N) is 1. The van der Waals surface area contributed by atoms with Crippen LogP contribution >= 0.6 is 15.9 Å². The van der Waals surface area contributed by atoms with Crippen LogP contribution in [0.2, 0.25) is 0 Å². The van der Waals surface area contributed by atoms with Gasteiger partial charge in [-0.1, -0.05) is 15.9 Å². The molecule has 1 aromatic rings. The molecule has 6 heteroatoms. The van der Waals surface area contributed by atoms with Crippen molar-refractivity contribution in [1.29, 1.82) is 0 Å². The summed E-state index contributed by atoms with van der Waals surface area (Å²) in [6, 6.07) is 4.30. The number of hydrogen-bond acceptors (Lipinski definition) is 2. The average Bonchev–Trinajstić information content (AvgIpc) is 2.70. The predicted octanol–water partition coefficient (Wildman–Crippen LogP) is 3.97. The van der Waals surface area contributed by atoms with Crippen LogP contribution in [0.5, 0.6) is 0 Å². The Balaban J connectivity index is 2.12. The van der Waals surface area contributed by atoms with Crippen LogP contribution in [0.1, 0.15) is 18.4 Å². The van der Waals surface area contributed by atoms with E-state index in [0.29, 0.717) is 17.1 Å². The summed E-state index contributed by atoms with van der Waals surface area (Å²) in [4.78, 5) is 2.18. The highest BCUT2D eigenvalue weighted by Crippen LogP contribution is 2.36. The molecule has 1 aromatic carbocycles. The van der Waals surface area contributed by atoms with Gasteiger partial charge in [-0.3, -0.25) is 0 Å². The molecular formula is C13H16BrF3N2. The lowest BCUT2D eigenvalue weighted by Gasteiger charge is -2.22. The van der Waals surface area contributed by atoms with Crippen molar-refractivity contribution in [2.24, 2.45) is 0 Å². The summed E-state index contributed by atoms with van der Waals surface area (Å²) in [5.74, 6) is 0. The van der Waals surface area contributed by atoms with Gasteiger partial charge < -0.3 is 10.2 Å². The van der Waals surface area contributed by atoms with E-state index < -0.39 is 11.7 Å². The lowest BCUT2D eigenvalue weighted by Crippen LogP contribution is -2.32. The maximum Gasteiger partial charge on any atom is 0.418 e. The van der Waals surface area contributed by atoms with E-state index in [1.807, 2.05) is 7.05 Å². The molecule has 2 rings (SSSR count). The van der Waals surface area contributed by atoms with Gasteiger partial charge in [0.1, 0.15) is 0 Å². The number of likely N-dealkylation sites (tertiary alicyclic amines) is 1. The molecule has 1 atom stereocenters. The summed E-state index contributed by atoms with van der Waals surface area (Å²) in [5, 5.41) is 2.94. The first kappa shape index (κ1) is 14.7. The molecule has 0 radical (unpaired) electrons. The zero-order valence-electron chi connectivity index (χ0n) is 10.6. The van der Waals surface area contributed by atoms with E-state index in [2.05, 4.69) is 26.1 Å². The van der Waals surface area contributed by atoms with Gasteiger partial charge >= 0.3 is 6.18 Å². The van der Waals surface area contributed by atoms with Gasteiger partial charge in [-0.2, -0.15) is 13.2 Å². The fourth-order valence-corrected chi connectivity index (χ4v) is 2.74. The zero-order chi connectivity index (χ0) is 14.0. The first-order chi connectivity index (χ1) is 8.88. The number of likely N-dealkylation sites (N-methyl/N-ethyl adjacent to an activating group) is 1. The van der Waals surface area contributed by atoms with Crippen molar-refractivity contribution >= 4 is 21.6 Å². The molecule has 1 aliphatic rings. The predicted molar refractivity (Wildman–Crippen MR) is 73.3 cm³/mol. The van der Waals surface area contributed by atoms with Crippen molar-refractivity contribution in [1.82, 2.24) is 4.90 Å². The van der Waals surface area contributed by atoms with Crippen LogP contribution in [0.3, 0.4) is 0 Å². The Bertz CT molecular complexity index is 448. The summed E-state index contributed by atoms with van der Waals surface area (Å²) in [6.45, 7) is 1.55. The third-order valence-corrected chi connectivity index (χ3v) is 3.98. The molecule has 1 N–H and O–H groups in total. The largest absolute Gasteiger partial charge is 0.418 e. The first-order valence-corrected chi connectivity index (χ1v) is 6.98. The third-order valence-electron chi connectivity index (χ3n) is 3.49. The van der Waals surface area contributed by atoms with Gasteiger partial charge in [-0.05, 0) is 44.6 Å². The highest BCUT2D eigenvalue weighted by atomic mass is 79.9. The van der Waals surface area contributed by atoms with Crippen LogP contribution in [-0.2, 0) is 6.18 Å². The minimum atomic E-state index is -4.33. The van der Waals surface area contributed by atoms with Crippen LogP contribution in [0, 0.1) is 0 Å². The molecular weight excluding hydrogens is 321 g/mol. The van der Waals surface area contributed by atoms with Crippen LogP contribution in [0.25, 0.3) is 0 Å². The topological polar surface area (TPSA) is 15.3 Å². The molecule has 106 valence electrons. The molecule has 1 unspecified atom stereocenters. The van der Waals surface area contributed by atoms with E-state index in [-0.39, 0.29) is 5.69 Å². The van der Waals surface area contributed by atoms with Gasteiger partial charge in [-0.15, -0.1) is 0 Å². The van der Waals surface area contributed by atoms with Crippen LogP contribution in [0.4, 0.5) is 18.9 Å². The number of rotatable bonds is 3. The number of anilines is 1. The standard InChI is InChI=1S/C13H16BrF3N2/c1-19-6-2-3-10(19)8-18-12-7-9(14)4-5-11(12)13(15,16)17/h4-5,7,10,18H,2-3,6,8H2,1H3. The number of hydrogen-bond donors (Lipinski definition) is 1. The average molecular weight is 337 g/mol. The second kappa shape index (κ2) is 5.71. The van der Waals surface area contributed by atoms with Gasteiger partial charge in [0.25, 0.3) is 0 Å². The number of alkyl halides is 3. The molecule has 1 fully saturated rings. The van der Waals surface area contributed by atoms with E-state index in [9.17, 15) is 13.2 Å². The van der Waals surface area contributed by atoms with Crippen molar-refractivity contribution in [3.05, 3.63) is 28.2 Å². The Morgan fingerprint density at radius 1 is 1.42 bits per heavy atom. The summed E-state index contributed by atoms with van der Waals surface area (Å²) < 4.78 is 39.3. The molecule has 1 saturated heterocycles. The number of nitrogens with zero attached hydrogens (tertiary/aromatic N) is 1. The van der Waals surface area contributed by atoms with E-state index in [4.69, 9.17) is 0 Å². The van der Waals surface area contributed by atoms with Gasteiger partial charge in [0.15, 0.2) is 0 Å². The Morgan fingerprint density at radius 2 is 2.16 bits per heavy atom. The van der Waals surface area contributed by atoms with Gasteiger partial charge in [-0.25, -0.2) is 0 Å². The van der Waals surface area contributed by atoms with Crippen molar-refractivity contribution in [3.63, 3.8) is 0 Å². The van der Waals surface area contributed by atoms with Crippen LogP contribution < -0.4 is 5.32 Å². The van der Waals surface area contributed by atoms with Crippen molar-refractivity contribution in [2.75, 3.05) is 25.5 Å². The maximum absolute atomic E-state index is 12.9. The van der Waals surface area contributed by atoms with Crippen molar-refractivity contribution < 1.29 is 13.2 Å². The smallest absolute Gasteiger partial charge is 0.383 e.